The van der Waals surface area contributed by atoms with Gasteiger partial charge in [0.05, 0.1) is 5.56 Å². The van der Waals surface area contributed by atoms with E-state index >= 15 is 0 Å². The zero-order chi connectivity index (χ0) is 9.30. The summed E-state index contributed by atoms with van der Waals surface area (Å²) in [6, 6.07) is 1.74. The fraction of sp³-hybridized carbons (Fsp3) is 0.125. The van der Waals surface area contributed by atoms with Gasteiger partial charge in [-0.2, -0.15) is 0 Å². The second-order valence-corrected chi connectivity index (χ2v) is 3.15. The molecule has 1 rings (SSSR count). The van der Waals surface area contributed by atoms with Crippen LogP contribution in [-0.2, 0) is 0 Å². The van der Waals surface area contributed by atoms with Gasteiger partial charge in [0, 0.05) is 10.5 Å². The van der Waals surface area contributed by atoms with E-state index in [9.17, 15) is 13.6 Å². The second kappa shape index (κ2) is 3.31. The SMILES string of the molecule is CC(=O)c1c(F)cc(F)cc1Br. The molecule has 0 N–H and O–H groups in total. The molecule has 0 aliphatic carbocycles. The second-order valence-electron chi connectivity index (χ2n) is 2.30. The molecular weight excluding hydrogens is 230 g/mol. The van der Waals surface area contributed by atoms with Crippen molar-refractivity contribution in [3.63, 3.8) is 0 Å². The van der Waals surface area contributed by atoms with Crippen LogP contribution in [0.5, 0.6) is 0 Å². The Morgan fingerprint density at radius 1 is 1.42 bits per heavy atom. The Hall–Kier alpha value is -0.770. The molecule has 0 radical (unpaired) electrons. The maximum Gasteiger partial charge on any atom is 0.163 e. The van der Waals surface area contributed by atoms with Crippen molar-refractivity contribution in [2.24, 2.45) is 0 Å². The van der Waals surface area contributed by atoms with Crippen LogP contribution in [0.1, 0.15) is 17.3 Å². The van der Waals surface area contributed by atoms with Gasteiger partial charge < -0.3 is 0 Å². The van der Waals surface area contributed by atoms with Crippen LogP contribution in [0.3, 0.4) is 0 Å². The third-order valence-electron chi connectivity index (χ3n) is 1.36. The summed E-state index contributed by atoms with van der Waals surface area (Å²) in [6.07, 6.45) is 0. The van der Waals surface area contributed by atoms with E-state index in [0.29, 0.717) is 6.07 Å². The Bertz CT molecular complexity index is 313. The third kappa shape index (κ3) is 1.69. The fourth-order valence-electron chi connectivity index (χ4n) is 0.879. The normalized spacial score (nSPS) is 10.0. The van der Waals surface area contributed by atoms with Gasteiger partial charge in [0.1, 0.15) is 11.6 Å². The average Bonchev–Trinajstić information content (AvgIpc) is 1.82. The van der Waals surface area contributed by atoms with Crippen LogP contribution >= 0.6 is 15.9 Å². The molecule has 0 aromatic heterocycles. The molecule has 0 aliphatic heterocycles. The molecule has 1 nitrogen and oxygen atoms in total. The minimum absolute atomic E-state index is 0.114. The van der Waals surface area contributed by atoms with E-state index in [4.69, 9.17) is 0 Å². The quantitative estimate of drug-likeness (QED) is 0.684. The lowest BCUT2D eigenvalue weighted by Gasteiger charge is -2.01. The van der Waals surface area contributed by atoms with Gasteiger partial charge in [0.25, 0.3) is 0 Å². The number of Topliss-reactive ketones (excluding diaryl/α,β-unsaturated/α-hetero) is 1. The Balaban J connectivity index is 3.38. The van der Waals surface area contributed by atoms with Crippen LogP contribution < -0.4 is 0 Å². The molecule has 1 aromatic rings. The van der Waals surface area contributed by atoms with Crippen molar-refractivity contribution in [2.75, 3.05) is 0 Å². The highest BCUT2D eigenvalue weighted by Gasteiger charge is 2.12. The average molecular weight is 235 g/mol. The maximum absolute atomic E-state index is 12.9. The summed E-state index contributed by atoms with van der Waals surface area (Å²) in [5.74, 6) is -1.97. The van der Waals surface area contributed by atoms with Crippen molar-refractivity contribution < 1.29 is 13.6 Å². The molecule has 0 unspecified atom stereocenters. The van der Waals surface area contributed by atoms with Gasteiger partial charge >= 0.3 is 0 Å². The molecule has 0 bridgehead atoms. The molecular formula is C8H5BrF2O. The van der Waals surface area contributed by atoms with Gasteiger partial charge in [-0.3, -0.25) is 4.79 Å². The smallest absolute Gasteiger partial charge is 0.163 e. The zero-order valence-electron chi connectivity index (χ0n) is 6.20. The zero-order valence-corrected chi connectivity index (χ0v) is 7.78. The van der Waals surface area contributed by atoms with Gasteiger partial charge in [0.2, 0.25) is 0 Å². The molecule has 0 saturated heterocycles. The summed E-state index contributed by atoms with van der Waals surface area (Å²) in [4.78, 5) is 10.8. The number of hydrogen-bond acceptors (Lipinski definition) is 1. The first-order valence-corrected chi connectivity index (χ1v) is 3.97. The summed E-state index contributed by atoms with van der Waals surface area (Å²) in [7, 11) is 0. The maximum atomic E-state index is 12.9. The summed E-state index contributed by atoms with van der Waals surface area (Å²) in [5, 5.41) is 0. The van der Waals surface area contributed by atoms with Crippen molar-refractivity contribution in [3.05, 3.63) is 33.8 Å². The molecule has 0 spiro atoms. The molecule has 0 heterocycles. The van der Waals surface area contributed by atoms with Gasteiger partial charge in [-0.05, 0) is 28.9 Å². The molecule has 0 fully saturated rings. The monoisotopic (exact) mass is 234 g/mol. The van der Waals surface area contributed by atoms with Crippen LogP contribution in [0.25, 0.3) is 0 Å². The van der Waals surface area contributed by atoms with Crippen LogP contribution in [0.4, 0.5) is 8.78 Å². The molecule has 0 aliphatic rings. The van der Waals surface area contributed by atoms with Gasteiger partial charge in [-0.25, -0.2) is 8.78 Å². The standard InChI is InChI=1S/C8H5BrF2O/c1-4(12)8-6(9)2-5(10)3-7(8)11/h2-3H,1H3. The minimum atomic E-state index is -0.839. The van der Waals surface area contributed by atoms with Crippen molar-refractivity contribution in [3.8, 4) is 0 Å². The van der Waals surface area contributed by atoms with Gasteiger partial charge in [-0.15, -0.1) is 0 Å². The van der Waals surface area contributed by atoms with Crippen LogP contribution in [0, 0.1) is 11.6 Å². The lowest BCUT2D eigenvalue weighted by atomic mass is 10.1. The third-order valence-corrected chi connectivity index (χ3v) is 1.98. The predicted molar refractivity (Wildman–Crippen MR) is 44.1 cm³/mol. The van der Waals surface area contributed by atoms with Gasteiger partial charge in [0.15, 0.2) is 5.78 Å². The number of hydrogen-bond donors (Lipinski definition) is 0. The predicted octanol–water partition coefficient (Wildman–Crippen LogP) is 2.93. The topological polar surface area (TPSA) is 17.1 Å². The minimum Gasteiger partial charge on any atom is -0.294 e. The molecule has 12 heavy (non-hydrogen) atoms. The molecule has 0 saturated carbocycles. The van der Waals surface area contributed by atoms with E-state index in [1.54, 1.807) is 0 Å². The Kier molecular flexibility index (Phi) is 2.57. The number of halogens is 3. The lowest BCUT2D eigenvalue weighted by Crippen LogP contribution is -1.99. The molecule has 4 heteroatoms. The summed E-state index contributed by atoms with van der Waals surface area (Å²) >= 11 is 2.90. The highest BCUT2D eigenvalue weighted by molar-refractivity contribution is 9.10. The first kappa shape index (κ1) is 9.32. The molecule has 64 valence electrons. The number of benzene rings is 1. The van der Waals surface area contributed by atoms with E-state index in [1.165, 1.54) is 6.92 Å². The van der Waals surface area contributed by atoms with Crippen LogP contribution in [0.2, 0.25) is 0 Å². The molecule has 0 atom stereocenters. The highest BCUT2D eigenvalue weighted by atomic mass is 79.9. The summed E-state index contributed by atoms with van der Waals surface area (Å²) in [6.45, 7) is 1.22. The van der Waals surface area contributed by atoms with Crippen LogP contribution in [0.15, 0.2) is 16.6 Å². The summed E-state index contributed by atoms with van der Waals surface area (Å²) < 4.78 is 25.5. The lowest BCUT2D eigenvalue weighted by molar-refractivity contribution is 0.101. The van der Waals surface area contributed by atoms with E-state index in [0.717, 1.165) is 6.07 Å². The Labute approximate surface area is 76.5 Å². The van der Waals surface area contributed by atoms with E-state index < -0.39 is 17.4 Å². The van der Waals surface area contributed by atoms with E-state index in [-0.39, 0.29) is 10.0 Å². The number of carbonyl (C=O) groups excluding carboxylic acids is 1. The van der Waals surface area contributed by atoms with E-state index in [1.807, 2.05) is 0 Å². The first-order valence-electron chi connectivity index (χ1n) is 3.18. The number of ketones is 1. The van der Waals surface area contributed by atoms with Gasteiger partial charge in [-0.1, -0.05) is 0 Å². The Morgan fingerprint density at radius 3 is 2.42 bits per heavy atom. The number of rotatable bonds is 1. The largest absolute Gasteiger partial charge is 0.294 e. The van der Waals surface area contributed by atoms with Crippen molar-refractivity contribution in [2.45, 2.75) is 6.92 Å². The van der Waals surface area contributed by atoms with Crippen molar-refractivity contribution in [1.29, 1.82) is 0 Å². The Morgan fingerprint density at radius 2 is 2.00 bits per heavy atom. The first-order chi connectivity index (χ1) is 5.52. The number of carbonyl (C=O) groups is 1. The van der Waals surface area contributed by atoms with Crippen molar-refractivity contribution in [1.82, 2.24) is 0 Å². The molecule has 0 amide bonds. The highest BCUT2D eigenvalue weighted by Crippen LogP contribution is 2.21. The summed E-state index contributed by atoms with van der Waals surface area (Å²) in [5.41, 5.74) is -0.114. The van der Waals surface area contributed by atoms with Crippen molar-refractivity contribution >= 4 is 21.7 Å². The van der Waals surface area contributed by atoms with E-state index in [2.05, 4.69) is 15.9 Å². The molecule has 1 aromatic carbocycles. The van der Waals surface area contributed by atoms with Crippen LogP contribution in [-0.4, -0.2) is 5.78 Å². The fourth-order valence-corrected chi connectivity index (χ4v) is 1.57.